The number of nitrogens with one attached hydrogen (secondary N) is 1. The molecule has 3 aromatic rings. The van der Waals surface area contributed by atoms with Crippen molar-refractivity contribution in [3.8, 4) is 11.1 Å². The van der Waals surface area contributed by atoms with Crippen molar-refractivity contribution in [1.82, 2.24) is 0 Å². The number of carbonyl (C=O) groups is 1. The lowest BCUT2D eigenvalue weighted by molar-refractivity contribution is -0.385. The first-order valence-corrected chi connectivity index (χ1v) is 8.31. The van der Waals surface area contributed by atoms with Gasteiger partial charge in [-0.15, -0.1) is 0 Å². The number of nitro benzene ring substituents is 1. The van der Waals surface area contributed by atoms with Gasteiger partial charge in [-0.3, -0.25) is 14.9 Å². The summed E-state index contributed by atoms with van der Waals surface area (Å²) in [6.07, 6.45) is 0. The lowest BCUT2D eigenvalue weighted by atomic mass is 10.1. The summed E-state index contributed by atoms with van der Waals surface area (Å²) >= 11 is 0. The molecule has 0 spiro atoms. The zero-order valence-corrected chi connectivity index (χ0v) is 14.7. The maximum Gasteiger partial charge on any atom is 0.275 e. The van der Waals surface area contributed by atoms with Crippen molar-refractivity contribution in [3.05, 3.63) is 94.0 Å². The molecule has 1 N–H and O–H groups in total. The Morgan fingerprint density at radius 3 is 2.30 bits per heavy atom. The van der Waals surface area contributed by atoms with Crippen LogP contribution in [0.25, 0.3) is 11.1 Å². The van der Waals surface area contributed by atoms with Crippen LogP contribution in [0.4, 0.5) is 11.4 Å². The fourth-order valence-corrected chi connectivity index (χ4v) is 2.73. The Hall–Kier alpha value is -3.51. The maximum absolute atomic E-state index is 12.4. The van der Waals surface area contributed by atoms with Gasteiger partial charge in [-0.25, -0.2) is 0 Å². The average molecular weight is 362 g/mol. The molecule has 0 aliphatic carbocycles. The Morgan fingerprint density at radius 2 is 1.67 bits per heavy atom. The van der Waals surface area contributed by atoms with E-state index in [-0.39, 0.29) is 17.9 Å². The van der Waals surface area contributed by atoms with Crippen LogP contribution in [0.3, 0.4) is 0 Å². The molecule has 3 aromatic carbocycles. The van der Waals surface area contributed by atoms with Crippen LogP contribution in [0.15, 0.2) is 72.8 Å². The summed E-state index contributed by atoms with van der Waals surface area (Å²) in [6, 6.07) is 21.7. The summed E-state index contributed by atoms with van der Waals surface area (Å²) < 4.78 is 4.96. The molecule has 1 amide bonds. The van der Waals surface area contributed by atoms with E-state index in [9.17, 15) is 14.9 Å². The molecule has 0 radical (unpaired) electrons. The molecule has 0 fully saturated rings. The number of carbonyl (C=O) groups excluding carboxylic acids is 1. The van der Waals surface area contributed by atoms with E-state index in [0.29, 0.717) is 11.3 Å². The number of amides is 1. The molecular weight excluding hydrogens is 344 g/mol. The van der Waals surface area contributed by atoms with Gasteiger partial charge in [0.2, 0.25) is 0 Å². The van der Waals surface area contributed by atoms with E-state index < -0.39 is 10.8 Å². The highest BCUT2D eigenvalue weighted by molar-refractivity contribution is 6.04. The monoisotopic (exact) mass is 362 g/mol. The maximum atomic E-state index is 12.4. The first kappa shape index (κ1) is 18.3. The highest BCUT2D eigenvalue weighted by Gasteiger charge is 2.17. The number of hydrogen-bond donors (Lipinski definition) is 1. The number of ether oxygens (including phenoxy) is 1. The van der Waals surface area contributed by atoms with Crippen LogP contribution in [0.2, 0.25) is 0 Å². The summed E-state index contributed by atoms with van der Waals surface area (Å²) in [7, 11) is 1.46. The van der Waals surface area contributed by atoms with Crippen LogP contribution in [-0.4, -0.2) is 17.9 Å². The van der Waals surface area contributed by atoms with Crippen LogP contribution in [0, 0.1) is 10.1 Å². The molecule has 136 valence electrons. The number of anilines is 1. The zero-order valence-electron chi connectivity index (χ0n) is 14.7. The molecule has 27 heavy (non-hydrogen) atoms. The largest absolute Gasteiger partial charge is 0.380 e. The van der Waals surface area contributed by atoms with E-state index in [2.05, 4.69) is 5.32 Å². The second-order valence-corrected chi connectivity index (χ2v) is 5.93. The second-order valence-electron chi connectivity index (χ2n) is 5.93. The summed E-state index contributed by atoms with van der Waals surface area (Å²) in [5.74, 6) is -0.408. The Balaban J connectivity index is 1.77. The highest BCUT2D eigenvalue weighted by Crippen LogP contribution is 2.23. The molecule has 0 atom stereocenters. The molecule has 6 nitrogen and oxygen atoms in total. The van der Waals surface area contributed by atoms with E-state index in [0.717, 1.165) is 11.1 Å². The molecule has 0 heterocycles. The van der Waals surface area contributed by atoms with E-state index in [1.165, 1.54) is 19.2 Å². The Morgan fingerprint density at radius 1 is 1.00 bits per heavy atom. The van der Waals surface area contributed by atoms with Crippen molar-refractivity contribution in [2.45, 2.75) is 6.61 Å². The van der Waals surface area contributed by atoms with Gasteiger partial charge in [0.1, 0.15) is 0 Å². The first-order chi connectivity index (χ1) is 13.1. The van der Waals surface area contributed by atoms with Gasteiger partial charge in [0.15, 0.2) is 0 Å². The molecule has 3 rings (SSSR count). The number of rotatable bonds is 6. The SMILES string of the molecule is COCc1ccc(C(=O)Nc2ccc(-c3ccccc3)cc2)cc1[N+](=O)[O-]. The van der Waals surface area contributed by atoms with Crippen LogP contribution >= 0.6 is 0 Å². The summed E-state index contributed by atoms with van der Waals surface area (Å²) in [5.41, 5.74) is 3.24. The van der Waals surface area contributed by atoms with Gasteiger partial charge in [0.05, 0.1) is 17.1 Å². The van der Waals surface area contributed by atoms with E-state index in [4.69, 9.17) is 4.74 Å². The molecular formula is C21H18N2O4. The number of methoxy groups -OCH3 is 1. The van der Waals surface area contributed by atoms with Crippen LogP contribution in [0.5, 0.6) is 0 Å². The van der Waals surface area contributed by atoms with Crippen molar-refractivity contribution in [3.63, 3.8) is 0 Å². The minimum absolute atomic E-state index is 0.110. The third-order valence-electron chi connectivity index (χ3n) is 4.09. The summed E-state index contributed by atoms with van der Waals surface area (Å²) in [5, 5.41) is 14.0. The highest BCUT2D eigenvalue weighted by atomic mass is 16.6. The van der Waals surface area contributed by atoms with Crippen molar-refractivity contribution in [1.29, 1.82) is 0 Å². The normalized spacial score (nSPS) is 10.4. The molecule has 0 aliphatic rings. The lowest BCUT2D eigenvalue weighted by Crippen LogP contribution is -2.12. The Labute approximate surface area is 156 Å². The third kappa shape index (κ3) is 4.37. The van der Waals surface area contributed by atoms with Gasteiger partial charge in [-0.05, 0) is 35.4 Å². The van der Waals surface area contributed by atoms with Crippen LogP contribution < -0.4 is 5.32 Å². The van der Waals surface area contributed by atoms with Gasteiger partial charge in [-0.2, -0.15) is 0 Å². The standard InChI is InChI=1S/C21H18N2O4/c1-27-14-18-8-7-17(13-20(18)23(25)26)21(24)22-19-11-9-16(10-12-19)15-5-3-2-4-6-15/h2-13H,14H2,1H3,(H,22,24). The first-order valence-electron chi connectivity index (χ1n) is 8.31. The van der Waals surface area contributed by atoms with Crippen LogP contribution in [-0.2, 0) is 11.3 Å². The predicted octanol–water partition coefficient (Wildman–Crippen LogP) is 4.66. The minimum Gasteiger partial charge on any atom is -0.380 e. The van der Waals surface area contributed by atoms with Crippen molar-refractivity contribution >= 4 is 17.3 Å². The number of hydrogen-bond acceptors (Lipinski definition) is 4. The van der Waals surface area contributed by atoms with Gasteiger partial charge < -0.3 is 10.1 Å². The number of nitrogens with zero attached hydrogens (tertiary/aromatic N) is 1. The Kier molecular flexibility index (Phi) is 5.58. The molecule has 0 bridgehead atoms. The van der Waals surface area contributed by atoms with Gasteiger partial charge in [0, 0.05) is 24.4 Å². The number of benzene rings is 3. The minimum atomic E-state index is -0.514. The van der Waals surface area contributed by atoms with Crippen molar-refractivity contribution in [2.24, 2.45) is 0 Å². The van der Waals surface area contributed by atoms with Crippen molar-refractivity contribution < 1.29 is 14.5 Å². The van der Waals surface area contributed by atoms with Gasteiger partial charge in [0.25, 0.3) is 11.6 Å². The summed E-state index contributed by atoms with van der Waals surface area (Å²) in [6.45, 7) is 0.110. The van der Waals surface area contributed by atoms with E-state index in [1.807, 2.05) is 42.5 Å². The third-order valence-corrected chi connectivity index (χ3v) is 4.09. The quantitative estimate of drug-likeness (QED) is 0.511. The van der Waals surface area contributed by atoms with Crippen LogP contribution in [0.1, 0.15) is 15.9 Å². The topological polar surface area (TPSA) is 81.5 Å². The molecule has 0 aromatic heterocycles. The fourth-order valence-electron chi connectivity index (χ4n) is 2.73. The molecule has 0 saturated carbocycles. The molecule has 0 saturated heterocycles. The smallest absolute Gasteiger partial charge is 0.275 e. The van der Waals surface area contributed by atoms with Gasteiger partial charge in [-0.1, -0.05) is 42.5 Å². The van der Waals surface area contributed by atoms with E-state index in [1.54, 1.807) is 18.2 Å². The van der Waals surface area contributed by atoms with E-state index >= 15 is 0 Å². The molecule has 0 unspecified atom stereocenters. The zero-order chi connectivity index (χ0) is 19.2. The average Bonchev–Trinajstić information content (AvgIpc) is 2.69. The Bertz CT molecular complexity index is 954. The lowest BCUT2D eigenvalue weighted by Gasteiger charge is -2.08. The second kappa shape index (κ2) is 8.25. The molecule has 0 aliphatic heterocycles. The van der Waals surface area contributed by atoms with Gasteiger partial charge >= 0.3 is 0 Å². The summed E-state index contributed by atoms with van der Waals surface area (Å²) in [4.78, 5) is 23.2. The fraction of sp³-hybridized carbons (Fsp3) is 0.0952. The van der Waals surface area contributed by atoms with Crippen molar-refractivity contribution in [2.75, 3.05) is 12.4 Å². The number of nitro groups is 1. The predicted molar refractivity (Wildman–Crippen MR) is 104 cm³/mol. The molecule has 6 heteroatoms.